The minimum atomic E-state index is -0.511. The highest BCUT2D eigenvalue weighted by atomic mass is 35.5. The molecule has 2 N–H and O–H groups in total. The van der Waals surface area contributed by atoms with E-state index in [1.165, 1.54) is 12.1 Å². The van der Waals surface area contributed by atoms with Crippen molar-refractivity contribution >= 4 is 41.1 Å². The minimum Gasteiger partial charge on any atom is -0.322 e. The molecule has 0 radical (unpaired) electrons. The van der Waals surface area contributed by atoms with Crippen molar-refractivity contribution in [3.05, 3.63) is 70.3 Å². The van der Waals surface area contributed by atoms with Gasteiger partial charge in [0.2, 0.25) is 5.91 Å². The van der Waals surface area contributed by atoms with Crippen molar-refractivity contribution in [2.75, 3.05) is 5.32 Å². The van der Waals surface area contributed by atoms with Gasteiger partial charge in [0.1, 0.15) is 0 Å². The summed E-state index contributed by atoms with van der Waals surface area (Å²) in [5.41, 5.74) is 1.56. The quantitative estimate of drug-likeness (QED) is 0.672. The fourth-order valence-electron chi connectivity index (χ4n) is 2.24. The zero-order chi connectivity index (χ0) is 16.4. The molecule has 0 unspecified atom stereocenters. The lowest BCUT2D eigenvalue weighted by Crippen LogP contribution is -2.20. The van der Waals surface area contributed by atoms with Crippen LogP contribution in [0.15, 0.2) is 48.5 Å². The molecule has 3 amide bonds. The maximum atomic E-state index is 12.0. The van der Waals surface area contributed by atoms with Gasteiger partial charge in [-0.25, -0.2) is 0 Å². The largest absolute Gasteiger partial charge is 0.322 e. The molecule has 1 aliphatic rings. The molecular weight excluding hydrogens is 316 g/mol. The van der Waals surface area contributed by atoms with Crippen LogP contribution in [0.4, 0.5) is 5.69 Å². The molecule has 6 heteroatoms. The molecule has 0 atom stereocenters. The highest BCUT2D eigenvalue weighted by molar-refractivity contribution is 6.30. The molecule has 0 spiro atoms. The topological polar surface area (TPSA) is 75.3 Å². The van der Waals surface area contributed by atoms with Gasteiger partial charge in [-0.05, 0) is 35.9 Å². The summed E-state index contributed by atoms with van der Waals surface area (Å²) in [7, 11) is 0. The molecule has 2 aromatic carbocycles. The fraction of sp³-hybridized carbons (Fsp3) is 0. The second kappa shape index (κ2) is 6.06. The average Bonchev–Trinajstić information content (AvgIpc) is 2.82. The monoisotopic (exact) mass is 326 g/mol. The molecule has 2 aromatic rings. The highest BCUT2D eigenvalue weighted by Gasteiger charge is 2.29. The molecule has 5 nitrogen and oxygen atoms in total. The van der Waals surface area contributed by atoms with Crippen LogP contribution in [0.3, 0.4) is 0 Å². The van der Waals surface area contributed by atoms with Crippen molar-refractivity contribution in [2.24, 2.45) is 0 Å². The molecule has 3 rings (SSSR count). The molecule has 1 heterocycles. The maximum absolute atomic E-state index is 12.0. The molecule has 114 valence electrons. The minimum absolute atomic E-state index is 0.186. The van der Waals surface area contributed by atoms with E-state index in [0.717, 1.165) is 5.56 Å². The van der Waals surface area contributed by atoms with E-state index < -0.39 is 17.7 Å². The Morgan fingerprint density at radius 3 is 2.52 bits per heavy atom. The summed E-state index contributed by atoms with van der Waals surface area (Å²) in [4.78, 5) is 35.4. The van der Waals surface area contributed by atoms with Crippen LogP contribution in [0.5, 0.6) is 0 Å². The standard InChI is InChI=1S/C17H11ClN2O3/c18-11-7-4-10(5-8-11)6-9-14(21)19-13-3-1-2-12-15(13)17(23)20-16(12)22/h1-9H,(H,19,21)(H,20,22,23)/b9-6+. The maximum Gasteiger partial charge on any atom is 0.261 e. The van der Waals surface area contributed by atoms with Gasteiger partial charge < -0.3 is 5.32 Å². The first-order valence-electron chi connectivity index (χ1n) is 6.78. The van der Waals surface area contributed by atoms with Crippen molar-refractivity contribution < 1.29 is 14.4 Å². The molecule has 0 saturated heterocycles. The third-order valence-electron chi connectivity index (χ3n) is 3.32. The number of imide groups is 1. The van der Waals surface area contributed by atoms with Crippen LogP contribution < -0.4 is 10.6 Å². The smallest absolute Gasteiger partial charge is 0.261 e. The zero-order valence-electron chi connectivity index (χ0n) is 11.8. The molecule has 0 aliphatic carbocycles. The van der Waals surface area contributed by atoms with E-state index in [2.05, 4.69) is 10.6 Å². The molecule has 1 aliphatic heterocycles. The molecular formula is C17H11ClN2O3. The van der Waals surface area contributed by atoms with Crippen LogP contribution in [0.1, 0.15) is 26.3 Å². The van der Waals surface area contributed by atoms with Crippen LogP contribution in [-0.2, 0) is 4.79 Å². The fourth-order valence-corrected chi connectivity index (χ4v) is 2.37. The van der Waals surface area contributed by atoms with E-state index >= 15 is 0 Å². The number of halogens is 1. The van der Waals surface area contributed by atoms with Crippen LogP contribution >= 0.6 is 11.6 Å². The first-order valence-corrected chi connectivity index (χ1v) is 7.16. The van der Waals surface area contributed by atoms with Gasteiger partial charge >= 0.3 is 0 Å². The van der Waals surface area contributed by atoms with Gasteiger partial charge in [-0.3, -0.25) is 19.7 Å². The second-order valence-corrected chi connectivity index (χ2v) is 5.32. The first-order chi connectivity index (χ1) is 11.0. The Morgan fingerprint density at radius 2 is 1.78 bits per heavy atom. The summed E-state index contributed by atoms with van der Waals surface area (Å²) in [6.45, 7) is 0. The Kier molecular flexibility index (Phi) is 3.95. The number of anilines is 1. The summed E-state index contributed by atoms with van der Waals surface area (Å²) in [6, 6.07) is 11.7. The average molecular weight is 327 g/mol. The lowest BCUT2D eigenvalue weighted by molar-refractivity contribution is -0.111. The molecule has 0 aromatic heterocycles. The van der Waals surface area contributed by atoms with Crippen LogP contribution in [0, 0.1) is 0 Å². The summed E-state index contributed by atoms with van der Waals surface area (Å²) >= 11 is 5.79. The van der Waals surface area contributed by atoms with Crippen molar-refractivity contribution in [1.82, 2.24) is 5.32 Å². The van der Waals surface area contributed by atoms with E-state index in [1.807, 2.05) is 0 Å². The van der Waals surface area contributed by atoms with E-state index in [0.29, 0.717) is 10.7 Å². The first kappa shape index (κ1) is 15.0. The van der Waals surface area contributed by atoms with Gasteiger partial charge in [-0.1, -0.05) is 29.8 Å². The predicted octanol–water partition coefficient (Wildman–Crippen LogP) is 2.88. The van der Waals surface area contributed by atoms with Crippen LogP contribution in [0.2, 0.25) is 5.02 Å². The number of hydrogen-bond donors (Lipinski definition) is 2. The molecule has 0 bridgehead atoms. The summed E-state index contributed by atoms with van der Waals surface area (Å²) in [5, 5.41) is 5.42. The Hall–Kier alpha value is -2.92. The van der Waals surface area contributed by atoms with Gasteiger partial charge in [0, 0.05) is 11.1 Å². The van der Waals surface area contributed by atoms with E-state index in [4.69, 9.17) is 11.6 Å². The summed E-state index contributed by atoms with van der Waals surface area (Å²) < 4.78 is 0. The third kappa shape index (κ3) is 3.14. The number of nitrogens with one attached hydrogen (secondary N) is 2. The Bertz CT molecular complexity index is 841. The third-order valence-corrected chi connectivity index (χ3v) is 3.57. The van der Waals surface area contributed by atoms with Crippen molar-refractivity contribution in [2.45, 2.75) is 0 Å². The number of fused-ring (bicyclic) bond motifs is 1. The molecule has 0 fully saturated rings. The van der Waals surface area contributed by atoms with Crippen molar-refractivity contribution in [3.63, 3.8) is 0 Å². The summed E-state index contributed by atoms with van der Waals surface area (Å²) in [5.74, 6) is -1.37. The van der Waals surface area contributed by atoms with E-state index in [-0.39, 0.29) is 11.1 Å². The number of rotatable bonds is 3. The number of amides is 3. The molecule has 0 saturated carbocycles. The lowest BCUT2D eigenvalue weighted by Gasteiger charge is -2.06. The lowest BCUT2D eigenvalue weighted by atomic mass is 10.1. The van der Waals surface area contributed by atoms with Gasteiger partial charge in [0.05, 0.1) is 16.8 Å². The van der Waals surface area contributed by atoms with Crippen molar-refractivity contribution in [3.8, 4) is 0 Å². The highest BCUT2D eigenvalue weighted by Crippen LogP contribution is 2.24. The Labute approximate surface area is 137 Å². The van der Waals surface area contributed by atoms with Gasteiger partial charge in [0.15, 0.2) is 0 Å². The Balaban J connectivity index is 1.78. The van der Waals surface area contributed by atoms with Crippen LogP contribution in [0.25, 0.3) is 6.08 Å². The van der Waals surface area contributed by atoms with Crippen LogP contribution in [-0.4, -0.2) is 17.7 Å². The number of carbonyl (C=O) groups is 3. The Morgan fingerprint density at radius 1 is 1.04 bits per heavy atom. The zero-order valence-corrected chi connectivity index (χ0v) is 12.6. The predicted molar refractivity (Wildman–Crippen MR) is 87.4 cm³/mol. The van der Waals surface area contributed by atoms with E-state index in [9.17, 15) is 14.4 Å². The van der Waals surface area contributed by atoms with E-state index in [1.54, 1.807) is 42.5 Å². The van der Waals surface area contributed by atoms with Gasteiger partial charge in [-0.2, -0.15) is 0 Å². The van der Waals surface area contributed by atoms with Gasteiger partial charge in [-0.15, -0.1) is 0 Å². The van der Waals surface area contributed by atoms with Crippen molar-refractivity contribution in [1.29, 1.82) is 0 Å². The number of carbonyl (C=O) groups excluding carboxylic acids is 3. The number of benzene rings is 2. The molecule has 23 heavy (non-hydrogen) atoms. The van der Waals surface area contributed by atoms with Gasteiger partial charge in [0.25, 0.3) is 11.8 Å². The SMILES string of the molecule is O=C(/C=C/c1ccc(Cl)cc1)Nc1cccc2c1C(=O)NC2=O. The second-order valence-electron chi connectivity index (χ2n) is 4.89. The summed E-state index contributed by atoms with van der Waals surface area (Å²) in [6.07, 6.45) is 2.97. The number of hydrogen-bond acceptors (Lipinski definition) is 3. The normalized spacial score (nSPS) is 13.1.